The molecule has 4 bridgehead atoms. The Morgan fingerprint density at radius 1 is 1.32 bits per heavy atom. The van der Waals surface area contributed by atoms with Crippen LogP contribution in [0.2, 0.25) is 0 Å². The van der Waals surface area contributed by atoms with Gasteiger partial charge in [0.15, 0.2) is 0 Å². The van der Waals surface area contributed by atoms with Gasteiger partial charge in [-0.05, 0) is 67.2 Å². The molecule has 1 aromatic heterocycles. The molecule has 0 radical (unpaired) electrons. The Hall–Kier alpha value is -0.340. The van der Waals surface area contributed by atoms with Crippen molar-refractivity contribution in [3.8, 4) is 0 Å². The van der Waals surface area contributed by atoms with Crippen LogP contribution in [0.1, 0.15) is 43.4 Å². The molecule has 0 saturated heterocycles. The first-order valence-electron chi connectivity index (χ1n) is 7.37. The van der Waals surface area contributed by atoms with Gasteiger partial charge in [-0.3, -0.25) is 4.99 Å². The van der Waals surface area contributed by atoms with E-state index in [-0.39, 0.29) is 4.87 Å². The summed E-state index contributed by atoms with van der Waals surface area (Å²) < 4.78 is 0. The number of nitrogens with zero attached hydrogens (tertiary/aromatic N) is 1. The standard InChI is InChI=1S/C16H20ClNS/c17-16-7-12-4-13(8-16)6-15(5-12,10-16)11-18-9-14-2-1-3-19-14/h1-3,9,12-13H,4-8,10-11H2/t12-,13+,15?,16?. The molecule has 1 heterocycles. The average molecular weight is 294 g/mol. The molecule has 4 aliphatic carbocycles. The van der Waals surface area contributed by atoms with Crippen LogP contribution in [0.25, 0.3) is 0 Å². The SMILES string of the molecule is ClC12C[C@H]3C[C@@H](C1)CC(CN=Cc1cccs1)(C3)C2. The fourth-order valence-electron chi connectivity index (χ4n) is 5.21. The van der Waals surface area contributed by atoms with E-state index in [4.69, 9.17) is 16.6 Å². The van der Waals surface area contributed by atoms with Crippen molar-refractivity contribution in [1.29, 1.82) is 0 Å². The molecule has 4 fully saturated rings. The summed E-state index contributed by atoms with van der Waals surface area (Å²) in [6, 6.07) is 4.22. The summed E-state index contributed by atoms with van der Waals surface area (Å²) in [4.78, 5) is 6.16. The Bertz CT molecular complexity index is 479. The van der Waals surface area contributed by atoms with Crippen LogP contribution in [0.5, 0.6) is 0 Å². The van der Waals surface area contributed by atoms with Crippen molar-refractivity contribution in [1.82, 2.24) is 0 Å². The van der Waals surface area contributed by atoms with Gasteiger partial charge < -0.3 is 0 Å². The van der Waals surface area contributed by atoms with E-state index in [9.17, 15) is 0 Å². The topological polar surface area (TPSA) is 12.4 Å². The quantitative estimate of drug-likeness (QED) is 0.563. The monoisotopic (exact) mass is 293 g/mol. The minimum atomic E-state index is 0.128. The molecular formula is C16H20ClNS. The van der Waals surface area contributed by atoms with Crippen molar-refractivity contribution >= 4 is 29.2 Å². The summed E-state index contributed by atoms with van der Waals surface area (Å²) in [5.74, 6) is 1.77. The van der Waals surface area contributed by atoms with Crippen LogP contribution < -0.4 is 0 Å². The summed E-state index contributed by atoms with van der Waals surface area (Å²) in [5.41, 5.74) is 0.430. The van der Waals surface area contributed by atoms with Crippen LogP contribution in [0, 0.1) is 17.3 Å². The zero-order valence-electron chi connectivity index (χ0n) is 11.1. The molecule has 3 heteroatoms. The molecule has 4 atom stereocenters. The highest BCUT2D eigenvalue weighted by atomic mass is 35.5. The highest BCUT2D eigenvalue weighted by Crippen LogP contribution is 2.63. The number of halogens is 1. The summed E-state index contributed by atoms with van der Waals surface area (Å²) in [6.45, 7) is 0.992. The van der Waals surface area contributed by atoms with Crippen LogP contribution in [0.3, 0.4) is 0 Å². The van der Waals surface area contributed by atoms with E-state index in [0.717, 1.165) is 18.4 Å². The molecule has 102 valence electrons. The molecule has 5 rings (SSSR count). The van der Waals surface area contributed by atoms with Crippen molar-refractivity contribution in [3.63, 3.8) is 0 Å². The zero-order chi connectivity index (χ0) is 12.9. The van der Waals surface area contributed by atoms with Crippen molar-refractivity contribution in [2.75, 3.05) is 6.54 Å². The second kappa shape index (κ2) is 4.33. The minimum Gasteiger partial charge on any atom is -0.291 e. The van der Waals surface area contributed by atoms with Gasteiger partial charge in [0.05, 0.1) is 0 Å². The van der Waals surface area contributed by atoms with Crippen molar-refractivity contribution in [2.24, 2.45) is 22.2 Å². The van der Waals surface area contributed by atoms with Crippen molar-refractivity contribution in [3.05, 3.63) is 22.4 Å². The smallest absolute Gasteiger partial charge is 0.0458 e. The first-order valence-corrected chi connectivity index (χ1v) is 8.63. The fourth-order valence-corrected chi connectivity index (χ4v) is 6.54. The van der Waals surface area contributed by atoms with Gasteiger partial charge in [-0.2, -0.15) is 0 Å². The van der Waals surface area contributed by atoms with E-state index >= 15 is 0 Å². The highest BCUT2D eigenvalue weighted by molar-refractivity contribution is 7.11. The molecule has 0 spiro atoms. The Morgan fingerprint density at radius 2 is 2.11 bits per heavy atom. The van der Waals surface area contributed by atoms with E-state index in [1.807, 2.05) is 0 Å². The van der Waals surface area contributed by atoms with E-state index in [1.54, 1.807) is 11.3 Å². The maximum atomic E-state index is 6.85. The Kier molecular flexibility index (Phi) is 2.82. The van der Waals surface area contributed by atoms with E-state index < -0.39 is 0 Å². The van der Waals surface area contributed by atoms with Gasteiger partial charge in [-0.15, -0.1) is 22.9 Å². The first kappa shape index (κ1) is 12.4. The van der Waals surface area contributed by atoms with E-state index in [1.165, 1.54) is 43.4 Å². The van der Waals surface area contributed by atoms with Gasteiger partial charge in [0.1, 0.15) is 0 Å². The largest absolute Gasteiger partial charge is 0.291 e. The lowest BCUT2D eigenvalue weighted by atomic mass is 9.49. The van der Waals surface area contributed by atoms with Crippen LogP contribution >= 0.6 is 22.9 Å². The van der Waals surface area contributed by atoms with E-state index in [2.05, 4.69) is 23.7 Å². The average Bonchev–Trinajstić information content (AvgIpc) is 2.78. The Balaban J connectivity index is 1.51. The second-order valence-corrected chi connectivity index (χ2v) is 8.88. The number of hydrogen-bond acceptors (Lipinski definition) is 2. The number of alkyl halides is 1. The number of aliphatic imine (C=N–C) groups is 1. The number of thiophene rings is 1. The third kappa shape index (κ3) is 2.27. The van der Waals surface area contributed by atoms with Crippen molar-refractivity contribution < 1.29 is 0 Å². The maximum absolute atomic E-state index is 6.85. The second-order valence-electron chi connectivity index (χ2n) is 7.10. The number of hydrogen-bond donors (Lipinski definition) is 0. The van der Waals surface area contributed by atoms with Crippen LogP contribution in [0.4, 0.5) is 0 Å². The third-order valence-corrected chi connectivity index (χ3v) is 6.55. The summed E-state index contributed by atoms with van der Waals surface area (Å²) >= 11 is 8.61. The molecule has 19 heavy (non-hydrogen) atoms. The molecule has 4 aliphatic rings. The van der Waals surface area contributed by atoms with E-state index in [0.29, 0.717) is 5.41 Å². The van der Waals surface area contributed by atoms with Gasteiger partial charge in [-0.1, -0.05) is 6.07 Å². The molecule has 0 aromatic carbocycles. The molecule has 1 nitrogen and oxygen atoms in total. The van der Waals surface area contributed by atoms with Crippen molar-refractivity contribution in [2.45, 2.75) is 43.4 Å². The Morgan fingerprint density at radius 3 is 2.74 bits per heavy atom. The molecule has 0 N–H and O–H groups in total. The molecule has 2 unspecified atom stereocenters. The maximum Gasteiger partial charge on any atom is 0.0458 e. The lowest BCUT2D eigenvalue weighted by Gasteiger charge is -2.59. The molecular weight excluding hydrogens is 274 g/mol. The minimum absolute atomic E-state index is 0.128. The van der Waals surface area contributed by atoms with Gasteiger partial charge in [-0.25, -0.2) is 0 Å². The molecule has 4 saturated carbocycles. The van der Waals surface area contributed by atoms with Gasteiger partial charge in [0.25, 0.3) is 0 Å². The van der Waals surface area contributed by atoms with Gasteiger partial charge >= 0.3 is 0 Å². The lowest BCUT2D eigenvalue weighted by molar-refractivity contribution is -0.0336. The van der Waals surface area contributed by atoms with Crippen LogP contribution in [-0.4, -0.2) is 17.6 Å². The van der Waals surface area contributed by atoms with Gasteiger partial charge in [0, 0.05) is 22.5 Å². The third-order valence-electron chi connectivity index (χ3n) is 5.30. The Labute approximate surface area is 124 Å². The van der Waals surface area contributed by atoms with Gasteiger partial charge in [0.2, 0.25) is 0 Å². The summed E-state index contributed by atoms with van der Waals surface area (Å²) in [6.07, 6.45) is 9.98. The zero-order valence-corrected chi connectivity index (χ0v) is 12.7. The predicted molar refractivity (Wildman–Crippen MR) is 82.5 cm³/mol. The highest BCUT2D eigenvalue weighted by Gasteiger charge is 2.56. The molecule has 0 aliphatic heterocycles. The summed E-state index contributed by atoms with van der Waals surface area (Å²) in [7, 11) is 0. The normalized spacial score (nSPS) is 44.3. The number of rotatable bonds is 3. The fraction of sp³-hybridized carbons (Fsp3) is 0.688. The molecule has 0 amide bonds. The summed E-state index contributed by atoms with van der Waals surface area (Å²) in [5, 5.41) is 2.11. The first-order chi connectivity index (χ1) is 9.15. The van der Waals surface area contributed by atoms with Crippen LogP contribution in [-0.2, 0) is 0 Å². The van der Waals surface area contributed by atoms with Crippen LogP contribution in [0.15, 0.2) is 22.5 Å². The molecule has 1 aromatic rings. The lowest BCUT2D eigenvalue weighted by Crippen LogP contribution is -2.54. The predicted octanol–water partition coefficient (Wildman–Crippen LogP) is 4.74.